The molecule has 0 fully saturated rings. The molecule has 0 atom stereocenters. The van der Waals surface area contributed by atoms with E-state index < -0.39 is 0 Å². The van der Waals surface area contributed by atoms with E-state index in [0.717, 1.165) is 30.4 Å². The molecule has 0 spiro atoms. The number of benzene rings is 1. The molecule has 0 aliphatic heterocycles. The molecule has 0 saturated heterocycles. The third-order valence-electron chi connectivity index (χ3n) is 2.91. The lowest BCUT2D eigenvalue weighted by atomic mass is 9.82. The summed E-state index contributed by atoms with van der Waals surface area (Å²) in [7, 11) is 0. The summed E-state index contributed by atoms with van der Waals surface area (Å²) < 4.78 is 13.9. The maximum Gasteiger partial charge on any atom is 0.124 e. The van der Waals surface area contributed by atoms with E-state index in [9.17, 15) is 4.39 Å². The van der Waals surface area contributed by atoms with E-state index in [-0.39, 0.29) is 11.2 Å². The third-order valence-corrected chi connectivity index (χ3v) is 3.65. The summed E-state index contributed by atoms with van der Waals surface area (Å²) in [5.74, 6) is -0.189. The minimum atomic E-state index is -0.189. The third kappa shape index (κ3) is 5.17. The lowest BCUT2D eigenvalue weighted by molar-refractivity contribution is 0.326. The van der Waals surface area contributed by atoms with Gasteiger partial charge in [-0.2, -0.15) is 0 Å². The quantitative estimate of drug-likeness (QED) is 0.778. The van der Waals surface area contributed by atoms with Crippen molar-refractivity contribution in [3.63, 3.8) is 0 Å². The van der Waals surface area contributed by atoms with E-state index in [1.165, 1.54) is 17.7 Å². The fourth-order valence-corrected chi connectivity index (χ4v) is 2.36. The summed E-state index contributed by atoms with van der Waals surface area (Å²) in [6, 6.07) is 4.94. The number of rotatable bonds is 6. The number of nitrogens with one attached hydrogen (secondary N) is 1. The Hall–Kier alpha value is -0.410. The van der Waals surface area contributed by atoms with Crippen LogP contribution in [0.25, 0.3) is 0 Å². The molecule has 0 saturated carbocycles. The van der Waals surface area contributed by atoms with Gasteiger partial charge in [-0.25, -0.2) is 4.39 Å². The number of hydrogen-bond acceptors (Lipinski definition) is 1. The fraction of sp³-hybridized carbons (Fsp3) is 0.571. The Kier molecular flexibility index (Phi) is 5.60. The summed E-state index contributed by atoms with van der Waals surface area (Å²) in [5, 5.41) is 3.34. The first-order chi connectivity index (χ1) is 7.94. The van der Waals surface area contributed by atoms with Crippen LogP contribution >= 0.6 is 15.9 Å². The van der Waals surface area contributed by atoms with Gasteiger partial charge < -0.3 is 5.32 Å². The minimum Gasteiger partial charge on any atom is -0.317 e. The van der Waals surface area contributed by atoms with Gasteiger partial charge in [-0.15, -0.1) is 0 Å². The van der Waals surface area contributed by atoms with Gasteiger partial charge in [0.2, 0.25) is 0 Å². The van der Waals surface area contributed by atoms with Crippen LogP contribution in [0.4, 0.5) is 4.39 Å². The normalized spacial score (nSPS) is 11.8. The molecule has 96 valence electrons. The molecule has 3 heteroatoms. The van der Waals surface area contributed by atoms with Crippen LogP contribution < -0.4 is 5.32 Å². The van der Waals surface area contributed by atoms with E-state index in [1.54, 1.807) is 0 Å². The van der Waals surface area contributed by atoms with Crippen molar-refractivity contribution in [1.82, 2.24) is 5.32 Å². The average molecular weight is 302 g/mol. The van der Waals surface area contributed by atoms with Gasteiger partial charge in [0.25, 0.3) is 0 Å². The second-order valence-corrected chi connectivity index (χ2v) is 6.03. The van der Waals surface area contributed by atoms with Crippen molar-refractivity contribution in [3.8, 4) is 0 Å². The molecular formula is C14H21BrFN. The van der Waals surface area contributed by atoms with Crippen LogP contribution in [0.15, 0.2) is 22.7 Å². The molecule has 0 radical (unpaired) electrons. The zero-order valence-corrected chi connectivity index (χ0v) is 12.4. The van der Waals surface area contributed by atoms with Gasteiger partial charge in [0.05, 0.1) is 0 Å². The van der Waals surface area contributed by atoms with E-state index in [0.29, 0.717) is 0 Å². The summed E-state index contributed by atoms with van der Waals surface area (Å²) in [6.45, 7) is 8.66. The van der Waals surface area contributed by atoms with E-state index in [1.807, 2.05) is 6.07 Å². The van der Waals surface area contributed by atoms with Crippen molar-refractivity contribution >= 4 is 15.9 Å². The van der Waals surface area contributed by atoms with Crippen LogP contribution in [-0.4, -0.2) is 13.1 Å². The zero-order valence-electron chi connectivity index (χ0n) is 10.8. The van der Waals surface area contributed by atoms with Crippen LogP contribution in [0, 0.1) is 11.2 Å². The molecule has 1 aromatic carbocycles. The highest BCUT2D eigenvalue weighted by Crippen LogP contribution is 2.29. The molecule has 0 aliphatic carbocycles. The zero-order chi connectivity index (χ0) is 12.9. The second kappa shape index (κ2) is 6.50. The first kappa shape index (κ1) is 14.7. The summed E-state index contributed by atoms with van der Waals surface area (Å²) in [6.07, 6.45) is 2.07. The van der Waals surface area contributed by atoms with Crippen molar-refractivity contribution < 1.29 is 4.39 Å². The molecular weight excluding hydrogens is 281 g/mol. The van der Waals surface area contributed by atoms with Gasteiger partial charge in [-0.1, -0.05) is 42.8 Å². The first-order valence-electron chi connectivity index (χ1n) is 6.09. The van der Waals surface area contributed by atoms with E-state index >= 15 is 0 Å². The van der Waals surface area contributed by atoms with Gasteiger partial charge in [0.15, 0.2) is 0 Å². The SMILES string of the molecule is CCNCCC(C)(C)Cc1ccc(F)cc1Br. The van der Waals surface area contributed by atoms with Crippen molar-refractivity contribution in [2.24, 2.45) is 5.41 Å². The Morgan fingerprint density at radius 2 is 2.06 bits per heavy atom. The maximum atomic E-state index is 13.0. The maximum absolute atomic E-state index is 13.0. The van der Waals surface area contributed by atoms with Gasteiger partial charge in [-0.05, 0) is 49.0 Å². The highest BCUT2D eigenvalue weighted by Gasteiger charge is 2.19. The van der Waals surface area contributed by atoms with Crippen molar-refractivity contribution in [2.75, 3.05) is 13.1 Å². The molecule has 0 unspecified atom stereocenters. The fourth-order valence-electron chi connectivity index (χ4n) is 1.87. The summed E-state index contributed by atoms with van der Waals surface area (Å²) in [4.78, 5) is 0. The topological polar surface area (TPSA) is 12.0 Å². The molecule has 0 aliphatic rings. The predicted octanol–water partition coefficient (Wildman–Crippen LogP) is 4.16. The summed E-state index contributed by atoms with van der Waals surface area (Å²) in [5.41, 5.74) is 1.40. The monoisotopic (exact) mass is 301 g/mol. The Balaban J connectivity index is 2.62. The Morgan fingerprint density at radius 1 is 1.35 bits per heavy atom. The lowest BCUT2D eigenvalue weighted by Gasteiger charge is -2.25. The van der Waals surface area contributed by atoms with Crippen molar-refractivity contribution in [3.05, 3.63) is 34.1 Å². The highest BCUT2D eigenvalue weighted by atomic mass is 79.9. The Morgan fingerprint density at radius 3 is 2.65 bits per heavy atom. The highest BCUT2D eigenvalue weighted by molar-refractivity contribution is 9.10. The number of hydrogen-bond donors (Lipinski definition) is 1. The molecule has 1 N–H and O–H groups in total. The molecule has 0 heterocycles. The molecule has 1 rings (SSSR count). The van der Waals surface area contributed by atoms with Gasteiger partial charge in [0.1, 0.15) is 5.82 Å². The molecule has 17 heavy (non-hydrogen) atoms. The standard InChI is InChI=1S/C14H21BrFN/c1-4-17-8-7-14(2,3)10-11-5-6-12(16)9-13(11)15/h5-6,9,17H,4,7-8,10H2,1-3H3. The summed E-state index contributed by atoms with van der Waals surface area (Å²) >= 11 is 3.43. The van der Waals surface area contributed by atoms with Crippen LogP contribution in [0.2, 0.25) is 0 Å². The van der Waals surface area contributed by atoms with Crippen molar-refractivity contribution in [2.45, 2.75) is 33.6 Å². The number of halogens is 2. The van der Waals surface area contributed by atoms with E-state index in [2.05, 4.69) is 42.0 Å². The molecule has 0 aromatic heterocycles. The largest absolute Gasteiger partial charge is 0.317 e. The Labute approximate surface area is 112 Å². The molecule has 1 nitrogen and oxygen atoms in total. The van der Waals surface area contributed by atoms with Crippen LogP contribution in [0.3, 0.4) is 0 Å². The van der Waals surface area contributed by atoms with Gasteiger partial charge in [-0.3, -0.25) is 0 Å². The minimum absolute atomic E-state index is 0.189. The molecule has 0 amide bonds. The van der Waals surface area contributed by atoms with Crippen LogP contribution in [0.5, 0.6) is 0 Å². The average Bonchev–Trinajstić information content (AvgIpc) is 2.22. The van der Waals surface area contributed by atoms with E-state index in [4.69, 9.17) is 0 Å². The van der Waals surface area contributed by atoms with Crippen LogP contribution in [0.1, 0.15) is 32.8 Å². The van der Waals surface area contributed by atoms with Gasteiger partial charge in [0, 0.05) is 4.47 Å². The first-order valence-corrected chi connectivity index (χ1v) is 6.88. The molecule has 0 bridgehead atoms. The molecule has 1 aromatic rings. The van der Waals surface area contributed by atoms with Crippen LogP contribution in [-0.2, 0) is 6.42 Å². The predicted molar refractivity (Wildman–Crippen MR) is 74.7 cm³/mol. The van der Waals surface area contributed by atoms with Crippen molar-refractivity contribution in [1.29, 1.82) is 0 Å². The second-order valence-electron chi connectivity index (χ2n) is 5.18. The van der Waals surface area contributed by atoms with Gasteiger partial charge >= 0.3 is 0 Å². The Bertz CT molecular complexity index is 363. The smallest absolute Gasteiger partial charge is 0.124 e. The lowest BCUT2D eigenvalue weighted by Crippen LogP contribution is -2.24.